The Hall–Kier alpha value is -2.14. The number of fused-ring (bicyclic) bond motifs is 1. The number of alkyl halides is 3. The van der Waals surface area contributed by atoms with E-state index in [1.807, 2.05) is 6.07 Å². The number of carbonyl (C=O) groups excluding carboxylic acids is 4. The SMILES string of the molecule is CC(=O)OCC1=CS[C@H]2C(NC(=O)COc3ccccc3)C(=O)N2C1C(=O)OCC(Cl)(Cl)Cl. The Morgan fingerprint density at radius 3 is 2.48 bits per heavy atom. The number of halogens is 3. The van der Waals surface area contributed by atoms with Crippen molar-refractivity contribution in [3.63, 3.8) is 0 Å². The molecule has 0 aliphatic carbocycles. The largest absolute Gasteiger partial charge is 0.484 e. The number of hydrogen-bond donors (Lipinski definition) is 1. The van der Waals surface area contributed by atoms with Crippen LogP contribution in [0.5, 0.6) is 5.75 Å². The Balaban J connectivity index is 1.66. The van der Waals surface area contributed by atoms with Crippen LogP contribution in [0.25, 0.3) is 0 Å². The zero-order chi connectivity index (χ0) is 24.2. The van der Waals surface area contributed by atoms with E-state index in [4.69, 9.17) is 49.0 Å². The van der Waals surface area contributed by atoms with E-state index in [-0.39, 0.29) is 13.2 Å². The molecule has 0 bridgehead atoms. The Kier molecular flexibility index (Phi) is 8.38. The number of β-lactam (4-membered cyclic amide) rings is 1. The molecule has 178 valence electrons. The predicted octanol–water partition coefficient (Wildman–Crippen LogP) is 2.19. The number of ether oxygens (including phenoxy) is 3. The second-order valence-electron chi connectivity index (χ2n) is 7.02. The molecule has 0 aromatic heterocycles. The Morgan fingerprint density at radius 2 is 1.85 bits per heavy atom. The number of nitrogens with one attached hydrogen (secondary N) is 1. The normalized spacial score (nSPS) is 21.8. The summed E-state index contributed by atoms with van der Waals surface area (Å²) in [5.41, 5.74) is 0.325. The molecule has 1 aromatic carbocycles. The lowest BCUT2D eigenvalue weighted by Gasteiger charge is -2.51. The summed E-state index contributed by atoms with van der Waals surface area (Å²) >= 11 is 18.1. The first-order chi connectivity index (χ1) is 15.6. The number of rotatable bonds is 8. The zero-order valence-electron chi connectivity index (χ0n) is 17.2. The third-order valence-electron chi connectivity index (χ3n) is 4.54. The molecule has 2 unspecified atom stereocenters. The second kappa shape index (κ2) is 10.9. The van der Waals surface area contributed by atoms with Crippen molar-refractivity contribution in [1.29, 1.82) is 0 Å². The summed E-state index contributed by atoms with van der Waals surface area (Å²) in [6.07, 6.45) is 0. The molecule has 1 fully saturated rings. The molecule has 1 saturated heterocycles. The van der Waals surface area contributed by atoms with Crippen LogP contribution in [-0.4, -0.2) is 69.7 Å². The highest BCUT2D eigenvalue weighted by atomic mass is 35.6. The minimum Gasteiger partial charge on any atom is -0.484 e. The number of esters is 2. The van der Waals surface area contributed by atoms with Crippen molar-refractivity contribution in [1.82, 2.24) is 10.2 Å². The molecule has 0 radical (unpaired) electrons. The van der Waals surface area contributed by atoms with Gasteiger partial charge in [0.2, 0.25) is 9.70 Å². The standard InChI is InChI=1S/C20H19Cl3N2O7S/c1-11(26)30-7-12-9-33-18-15(24-14(27)8-31-13-5-3-2-4-6-13)17(28)25(18)16(12)19(29)32-10-20(21,22)23/h2-6,9,15-16,18H,7-8,10H2,1H3,(H,24,27)/t15?,16?,18-/m0/s1. The predicted molar refractivity (Wildman–Crippen MR) is 122 cm³/mol. The lowest BCUT2D eigenvalue weighted by atomic mass is 9.98. The average Bonchev–Trinajstić information content (AvgIpc) is 2.77. The molecule has 33 heavy (non-hydrogen) atoms. The van der Waals surface area contributed by atoms with Gasteiger partial charge in [0, 0.05) is 12.5 Å². The van der Waals surface area contributed by atoms with Crippen LogP contribution >= 0.6 is 46.6 Å². The van der Waals surface area contributed by atoms with Crippen molar-refractivity contribution < 1.29 is 33.4 Å². The van der Waals surface area contributed by atoms with Gasteiger partial charge < -0.3 is 24.4 Å². The van der Waals surface area contributed by atoms with Gasteiger partial charge in [0.1, 0.15) is 30.4 Å². The van der Waals surface area contributed by atoms with Gasteiger partial charge in [-0.3, -0.25) is 14.4 Å². The number of amides is 2. The molecule has 3 atom stereocenters. The van der Waals surface area contributed by atoms with Crippen LogP contribution in [0.15, 0.2) is 41.3 Å². The molecule has 13 heteroatoms. The lowest BCUT2D eigenvalue weighted by Crippen LogP contribution is -2.74. The van der Waals surface area contributed by atoms with E-state index >= 15 is 0 Å². The van der Waals surface area contributed by atoms with Crippen LogP contribution in [0.2, 0.25) is 0 Å². The maximum atomic E-state index is 12.8. The van der Waals surface area contributed by atoms with Crippen molar-refractivity contribution in [2.45, 2.75) is 28.2 Å². The molecule has 9 nitrogen and oxygen atoms in total. The minimum absolute atomic E-state index is 0.228. The van der Waals surface area contributed by atoms with E-state index in [2.05, 4.69) is 5.32 Å². The summed E-state index contributed by atoms with van der Waals surface area (Å²) < 4.78 is 13.6. The van der Waals surface area contributed by atoms with Crippen LogP contribution in [0.4, 0.5) is 0 Å². The number of hydrogen-bond acceptors (Lipinski definition) is 8. The van der Waals surface area contributed by atoms with Gasteiger partial charge in [0.25, 0.3) is 5.91 Å². The topological polar surface area (TPSA) is 111 Å². The monoisotopic (exact) mass is 536 g/mol. The van der Waals surface area contributed by atoms with Crippen molar-refractivity contribution in [3.8, 4) is 5.75 Å². The molecule has 2 heterocycles. The molecular formula is C20H19Cl3N2O7S. The highest BCUT2D eigenvalue weighted by molar-refractivity contribution is 8.02. The molecule has 0 saturated carbocycles. The van der Waals surface area contributed by atoms with Crippen molar-refractivity contribution >= 4 is 70.3 Å². The van der Waals surface area contributed by atoms with E-state index in [1.165, 1.54) is 23.6 Å². The van der Waals surface area contributed by atoms with Gasteiger partial charge in [-0.2, -0.15) is 0 Å². The zero-order valence-corrected chi connectivity index (χ0v) is 20.2. The molecule has 0 spiro atoms. The summed E-state index contributed by atoms with van der Waals surface area (Å²) in [5.74, 6) is -1.91. The van der Waals surface area contributed by atoms with Crippen molar-refractivity contribution in [2.24, 2.45) is 0 Å². The van der Waals surface area contributed by atoms with E-state index in [0.29, 0.717) is 11.3 Å². The van der Waals surface area contributed by atoms with E-state index in [9.17, 15) is 19.2 Å². The second-order valence-corrected chi connectivity index (χ2v) is 10.5. The van der Waals surface area contributed by atoms with Gasteiger partial charge in [0.15, 0.2) is 12.6 Å². The molecule has 1 aromatic rings. The van der Waals surface area contributed by atoms with Gasteiger partial charge in [-0.15, -0.1) is 11.8 Å². The average molecular weight is 538 g/mol. The van der Waals surface area contributed by atoms with Crippen LogP contribution in [0.3, 0.4) is 0 Å². The Labute approximate surface area is 208 Å². The summed E-state index contributed by atoms with van der Waals surface area (Å²) in [6, 6.07) is 6.67. The number of para-hydroxylation sites is 1. The summed E-state index contributed by atoms with van der Waals surface area (Å²) in [4.78, 5) is 50.3. The fourth-order valence-electron chi connectivity index (χ4n) is 3.11. The molecule has 2 aliphatic heterocycles. The number of nitrogens with zero attached hydrogens (tertiary/aromatic N) is 1. The fraction of sp³-hybridized carbons (Fsp3) is 0.400. The van der Waals surface area contributed by atoms with Crippen LogP contribution in [0.1, 0.15) is 6.92 Å². The molecule has 1 N–H and O–H groups in total. The lowest BCUT2D eigenvalue weighted by molar-refractivity contribution is -0.163. The number of carbonyl (C=O) groups is 4. The van der Waals surface area contributed by atoms with E-state index in [0.717, 1.165) is 0 Å². The summed E-state index contributed by atoms with van der Waals surface area (Å²) in [6.45, 7) is 0.166. The first-order valence-corrected chi connectivity index (χ1v) is 11.6. The van der Waals surface area contributed by atoms with E-state index in [1.54, 1.807) is 29.7 Å². The van der Waals surface area contributed by atoms with Crippen LogP contribution < -0.4 is 10.1 Å². The van der Waals surface area contributed by atoms with Crippen molar-refractivity contribution in [3.05, 3.63) is 41.3 Å². The molecule has 3 rings (SSSR count). The maximum absolute atomic E-state index is 12.8. The smallest absolute Gasteiger partial charge is 0.333 e. The quantitative estimate of drug-likeness (QED) is 0.305. The third-order valence-corrected chi connectivity index (χ3v) is 6.09. The van der Waals surface area contributed by atoms with Crippen molar-refractivity contribution in [2.75, 3.05) is 19.8 Å². The third kappa shape index (κ3) is 6.69. The Morgan fingerprint density at radius 1 is 1.15 bits per heavy atom. The van der Waals surface area contributed by atoms with Gasteiger partial charge >= 0.3 is 11.9 Å². The van der Waals surface area contributed by atoms with Crippen LogP contribution in [-0.2, 0) is 28.7 Å². The minimum atomic E-state index is -1.84. The molecule has 2 amide bonds. The van der Waals surface area contributed by atoms with Gasteiger partial charge in [-0.05, 0) is 17.5 Å². The maximum Gasteiger partial charge on any atom is 0.333 e. The van der Waals surface area contributed by atoms with E-state index < -0.39 is 51.6 Å². The summed E-state index contributed by atoms with van der Waals surface area (Å²) in [5, 5.41) is 3.63. The number of thioether (sulfide) groups is 1. The number of benzene rings is 1. The van der Waals surface area contributed by atoms with Gasteiger partial charge in [-0.1, -0.05) is 53.0 Å². The summed E-state index contributed by atoms with van der Waals surface area (Å²) in [7, 11) is 0. The fourth-order valence-corrected chi connectivity index (χ4v) is 4.49. The van der Waals surface area contributed by atoms with Crippen LogP contribution in [0, 0.1) is 0 Å². The molecule has 2 aliphatic rings. The van der Waals surface area contributed by atoms with Gasteiger partial charge in [0.05, 0.1) is 0 Å². The van der Waals surface area contributed by atoms with Gasteiger partial charge in [-0.25, -0.2) is 4.79 Å². The highest BCUT2D eigenvalue weighted by Gasteiger charge is 2.56. The highest BCUT2D eigenvalue weighted by Crippen LogP contribution is 2.40. The first-order valence-electron chi connectivity index (χ1n) is 9.57. The Bertz CT molecular complexity index is 955. The molecular weight excluding hydrogens is 519 g/mol. The first kappa shape index (κ1) is 25.5.